The van der Waals surface area contributed by atoms with Crippen LogP contribution in [-0.4, -0.2) is 34.2 Å². The Kier molecular flexibility index (Phi) is 4.37. The van der Waals surface area contributed by atoms with Gasteiger partial charge >= 0.3 is 5.69 Å². The van der Waals surface area contributed by atoms with Crippen LogP contribution >= 0.6 is 0 Å². The highest BCUT2D eigenvalue weighted by atomic mass is 16.5. The lowest BCUT2D eigenvalue weighted by atomic mass is 10.1. The molecule has 0 radical (unpaired) electrons. The fourth-order valence-electron chi connectivity index (χ4n) is 4.18. The fourth-order valence-corrected chi connectivity index (χ4v) is 4.18. The molecule has 2 atom stereocenters. The Labute approximate surface area is 146 Å². The van der Waals surface area contributed by atoms with Crippen molar-refractivity contribution in [1.29, 1.82) is 0 Å². The Bertz CT molecular complexity index is 826. The van der Waals surface area contributed by atoms with Gasteiger partial charge in [0, 0.05) is 18.2 Å². The SMILES string of the molecule is CC(NC(=O)c1ccc2c(c1)[nH]c(=O)n2C1CCCC1)C1CCCO1. The number of fused-ring (bicyclic) bond motifs is 1. The van der Waals surface area contributed by atoms with Crippen molar-refractivity contribution in [2.45, 2.75) is 63.6 Å². The summed E-state index contributed by atoms with van der Waals surface area (Å²) in [6, 6.07) is 5.73. The summed E-state index contributed by atoms with van der Waals surface area (Å²) < 4.78 is 7.49. The maximum atomic E-state index is 12.5. The van der Waals surface area contributed by atoms with Crippen LogP contribution in [0.3, 0.4) is 0 Å². The van der Waals surface area contributed by atoms with Crippen LogP contribution in [-0.2, 0) is 4.74 Å². The molecule has 6 heteroatoms. The van der Waals surface area contributed by atoms with Gasteiger partial charge in [0.1, 0.15) is 0 Å². The van der Waals surface area contributed by atoms with Crippen molar-refractivity contribution >= 4 is 16.9 Å². The van der Waals surface area contributed by atoms with Crippen molar-refractivity contribution in [3.05, 3.63) is 34.2 Å². The molecule has 0 spiro atoms. The van der Waals surface area contributed by atoms with Crippen LogP contribution < -0.4 is 11.0 Å². The molecule has 2 N–H and O–H groups in total. The standard InChI is InChI=1S/C19H25N3O3/c1-12(17-7-4-10-25-17)20-18(23)13-8-9-16-15(11-13)21-19(24)22(16)14-5-2-3-6-14/h8-9,11-12,14,17H,2-7,10H2,1H3,(H,20,23)(H,21,24). The lowest BCUT2D eigenvalue weighted by Crippen LogP contribution is -2.40. The summed E-state index contributed by atoms with van der Waals surface area (Å²) in [7, 11) is 0. The summed E-state index contributed by atoms with van der Waals surface area (Å²) in [6.45, 7) is 2.75. The number of H-pyrrole nitrogens is 1. The number of nitrogens with zero attached hydrogens (tertiary/aromatic N) is 1. The molecule has 2 unspecified atom stereocenters. The Morgan fingerprint density at radius 3 is 2.80 bits per heavy atom. The first kappa shape index (κ1) is 16.4. The Hall–Kier alpha value is -2.08. The summed E-state index contributed by atoms with van der Waals surface area (Å²) in [5.74, 6) is -0.126. The largest absolute Gasteiger partial charge is 0.376 e. The molecule has 4 rings (SSSR count). The van der Waals surface area contributed by atoms with Crippen molar-refractivity contribution in [2.24, 2.45) is 0 Å². The zero-order valence-corrected chi connectivity index (χ0v) is 14.6. The van der Waals surface area contributed by atoms with Crippen LogP contribution in [0.2, 0.25) is 0 Å². The zero-order chi connectivity index (χ0) is 17.4. The first-order valence-corrected chi connectivity index (χ1v) is 9.30. The molecule has 2 aliphatic rings. The summed E-state index contributed by atoms with van der Waals surface area (Å²) >= 11 is 0. The van der Waals surface area contributed by atoms with Gasteiger partial charge in [-0.15, -0.1) is 0 Å². The smallest absolute Gasteiger partial charge is 0.326 e. The number of nitrogens with one attached hydrogen (secondary N) is 2. The minimum Gasteiger partial charge on any atom is -0.376 e. The third-order valence-electron chi connectivity index (χ3n) is 5.55. The number of hydrogen-bond acceptors (Lipinski definition) is 3. The maximum Gasteiger partial charge on any atom is 0.326 e. The monoisotopic (exact) mass is 343 g/mol. The van der Waals surface area contributed by atoms with E-state index in [1.54, 1.807) is 12.1 Å². The molecular formula is C19H25N3O3. The predicted octanol–water partition coefficient (Wildman–Crippen LogP) is 2.74. The second-order valence-electron chi connectivity index (χ2n) is 7.28. The zero-order valence-electron chi connectivity index (χ0n) is 14.6. The highest BCUT2D eigenvalue weighted by Crippen LogP contribution is 2.30. The van der Waals surface area contributed by atoms with E-state index in [4.69, 9.17) is 4.74 Å². The normalized spacial score (nSPS) is 22.5. The lowest BCUT2D eigenvalue weighted by Gasteiger charge is -2.20. The lowest BCUT2D eigenvalue weighted by molar-refractivity contribution is 0.0712. The summed E-state index contributed by atoms with van der Waals surface area (Å²) in [5, 5.41) is 3.02. The number of imidazole rings is 1. The van der Waals surface area contributed by atoms with Crippen molar-refractivity contribution < 1.29 is 9.53 Å². The van der Waals surface area contributed by atoms with E-state index in [9.17, 15) is 9.59 Å². The second-order valence-corrected chi connectivity index (χ2v) is 7.28. The number of aromatic amines is 1. The Balaban J connectivity index is 1.56. The van der Waals surface area contributed by atoms with Gasteiger partial charge in [-0.1, -0.05) is 12.8 Å². The fraction of sp³-hybridized carbons (Fsp3) is 0.579. The van der Waals surface area contributed by atoms with E-state index in [1.807, 2.05) is 17.6 Å². The van der Waals surface area contributed by atoms with E-state index >= 15 is 0 Å². The van der Waals surface area contributed by atoms with Crippen LogP contribution in [0.25, 0.3) is 11.0 Å². The molecule has 1 aliphatic heterocycles. The quantitative estimate of drug-likeness (QED) is 0.896. The third kappa shape index (κ3) is 3.11. The molecule has 0 bridgehead atoms. The Morgan fingerprint density at radius 2 is 2.08 bits per heavy atom. The molecule has 1 aromatic heterocycles. The third-order valence-corrected chi connectivity index (χ3v) is 5.55. The maximum absolute atomic E-state index is 12.5. The molecule has 1 saturated heterocycles. The van der Waals surface area contributed by atoms with E-state index in [1.165, 1.54) is 12.8 Å². The van der Waals surface area contributed by atoms with Gasteiger partial charge in [-0.2, -0.15) is 0 Å². The second kappa shape index (κ2) is 6.67. The van der Waals surface area contributed by atoms with Gasteiger partial charge in [0.25, 0.3) is 5.91 Å². The summed E-state index contributed by atoms with van der Waals surface area (Å²) in [6.07, 6.45) is 6.57. The number of hydrogen-bond donors (Lipinski definition) is 2. The van der Waals surface area contributed by atoms with Crippen LogP contribution in [0.5, 0.6) is 0 Å². The van der Waals surface area contributed by atoms with Gasteiger partial charge in [-0.05, 0) is 50.8 Å². The number of amides is 1. The van der Waals surface area contributed by atoms with E-state index in [-0.39, 0.29) is 29.8 Å². The number of aromatic nitrogens is 2. The molecule has 1 aliphatic carbocycles. The van der Waals surface area contributed by atoms with E-state index in [2.05, 4.69) is 10.3 Å². The average Bonchev–Trinajstić information content (AvgIpc) is 3.34. The molecule has 6 nitrogen and oxygen atoms in total. The van der Waals surface area contributed by atoms with Gasteiger partial charge in [-0.3, -0.25) is 9.36 Å². The average molecular weight is 343 g/mol. The Morgan fingerprint density at radius 1 is 1.28 bits per heavy atom. The molecule has 2 aromatic rings. The first-order chi connectivity index (χ1) is 12.1. The molecular weight excluding hydrogens is 318 g/mol. The highest BCUT2D eigenvalue weighted by molar-refractivity contribution is 5.97. The van der Waals surface area contributed by atoms with E-state index in [0.29, 0.717) is 5.56 Å². The van der Waals surface area contributed by atoms with E-state index in [0.717, 1.165) is 43.3 Å². The molecule has 1 amide bonds. The summed E-state index contributed by atoms with van der Waals surface area (Å²) in [4.78, 5) is 27.8. The van der Waals surface area contributed by atoms with Crippen molar-refractivity contribution in [3.63, 3.8) is 0 Å². The van der Waals surface area contributed by atoms with Crippen molar-refractivity contribution in [3.8, 4) is 0 Å². The first-order valence-electron chi connectivity index (χ1n) is 9.30. The topological polar surface area (TPSA) is 76.1 Å². The number of carbonyl (C=O) groups excluding carboxylic acids is 1. The van der Waals surface area contributed by atoms with Crippen LogP contribution in [0.15, 0.2) is 23.0 Å². The van der Waals surface area contributed by atoms with Crippen molar-refractivity contribution in [1.82, 2.24) is 14.9 Å². The van der Waals surface area contributed by atoms with Crippen LogP contribution in [0, 0.1) is 0 Å². The molecule has 134 valence electrons. The number of rotatable bonds is 4. The van der Waals surface area contributed by atoms with Crippen molar-refractivity contribution in [2.75, 3.05) is 6.61 Å². The molecule has 1 saturated carbocycles. The molecule has 1 aromatic carbocycles. The van der Waals surface area contributed by atoms with Gasteiger partial charge < -0.3 is 15.0 Å². The van der Waals surface area contributed by atoms with Gasteiger partial charge in [0.05, 0.1) is 23.2 Å². The molecule has 2 fully saturated rings. The molecule has 2 heterocycles. The van der Waals surface area contributed by atoms with Crippen LogP contribution in [0.4, 0.5) is 0 Å². The molecule has 25 heavy (non-hydrogen) atoms. The number of ether oxygens (including phenoxy) is 1. The summed E-state index contributed by atoms with van der Waals surface area (Å²) in [5.41, 5.74) is 2.11. The van der Waals surface area contributed by atoms with Crippen LogP contribution in [0.1, 0.15) is 61.8 Å². The number of carbonyl (C=O) groups is 1. The van der Waals surface area contributed by atoms with Gasteiger partial charge in [0.2, 0.25) is 0 Å². The van der Waals surface area contributed by atoms with Gasteiger partial charge in [0.15, 0.2) is 0 Å². The predicted molar refractivity (Wildman–Crippen MR) is 96.0 cm³/mol. The number of benzene rings is 1. The highest BCUT2D eigenvalue weighted by Gasteiger charge is 2.25. The van der Waals surface area contributed by atoms with Gasteiger partial charge in [-0.25, -0.2) is 4.79 Å². The minimum absolute atomic E-state index is 0.0205. The minimum atomic E-state index is -0.126. The van der Waals surface area contributed by atoms with E-state index < -0.39 is 0 Å².